The van der Waals surface area contributed by atoms with Crippen LogP contribution in [-0.4, -0.2) is 23.4 Å². The van der Waals surface area contributed by atoms with Crippen molar-refractivity contribution in [2.75, 3.05) is 13.2 Å². The standard InChI is InChI=1S/C15H24O2/c16-14-12-10-8-6-4-2-1-3-5-7-9-11-13-15-17/h16-17H,1-9,14-15H2. The molecular formula is C15H24O2. The first-order chi connectivity index (χ1) is 8.41. The van der Waals surface area contributed by atoms with Gasteiger partial charge in [-0.2, -0.15) is 0 Å². The number of hydrogen-bond donors (Lipinski definition) is 2. The quantitative estimate of drug-likeness (QED) is 0.502. The van der Waals surface area contributed by atoms with Gasteiger partial charge in [-0.05, 0) is 12.8 Å². The van der Waals surface area contributed by atoms with Crippen molar-refractivity contribution in [3.63, 3.8) is 0 Å². The average molecular weight is 236 g/mol. The molecule has 0 amide bonds. The Morgan fingerprint density at radius 3 is 1.18 bits per heavy atom. The van der Waals surface area contributed by atoms with Gasteiger partial charge in [-0.25, -0.2) is 0 Å². The first kappa shape index (κ1) is 16.0. The van der Waals surface area contributed by atoms with Gasteiger partial charge >= 0.3 is 0 Å². The van der Waals surface area contributed by atoms with Crippen LogP contribution < -0.4 is 0 Å². The molecule has 0 aromatic rings. The van der Waals surface area contributed by atoms with E-state index in [4.69, 9.17) is 10.2 Å². The average Bonchev–Trinajstić information content (AvgIpc) is 2.35. The van der Waals surface area contributed by atoms with Crippen molar-refractivity contribution < 1.29 is 10.2 Å². The third-order valence-electron chi connectivity index (χ3n) is 2.51. The Labute approximate surface area is 105 Å². The molecule has 2 heteroatoms. The summed E-state index contributed by atoms with van der Waals surface area (Å²) >= 11 is 0. The zero-order valence-corrected chi connectivity index (χ0v) is 10.7. The Hall–Kier alpha value is -0.960. The van der Waals surface area contributed by atoms with Crippen LogP contribution in [0.1, 0.15) is 57.8 Å². The highest BCUT2D eigenvalue weighted by molar-refractivity contribution is 4.98. The van der Waals surface area contributed by atoms with Gasteiger partial charge in [-0.3, -0.25) is 0 Å². The molecular weight excluding hydrogens is 212 g/mol. The Kier molecular flexibility index (Phi) is 14.2. The Morgan fingerprint density at radius 1 is 0.471 bits per heavy atom. The maximum atomic E-state index is 8.45. The molecule has 0 unspecified atom stereocenters. The van der Waals surface area contributed by atoms with Crippen molar-refractivity contribution in [1.82, 2.24) is 0 Å². The highest BCUT2D eigenvalue weighted by atomic mass is 16.3. The van der Waals surface area contributed by atoms with E-state index in [9.17, 15) is 0 Å². The number of aliphatic hydroxyl groups is 2. The number of rotatable bonds is 8. The van der Waals surface area contributed by atoms with Crippen LogP contribution in [0, 0.1) is 23.7 Å². The molecule has 0 bridgehead atoms. The van der Waals surface area contributed by atoms with Crippen molar-refractivity contribution >= 4 is 0 Å². The fraction of sp³-hybridized carbons (Fsp3) is 0.733. The van der Waals surface area contributed by atoms with E-state index in [1.54, 1.807) is 0 Å². The molecule has 0 saturated carbocycles. The number of hydrogen-bond acceptors (Lipinski definition) is 2. The zero-order chi connectivity index (χ0) is 12.6. The lowest BCUT2D eigenvalue weighted by Crippen LogP contribution is -1.81. The van der Waals surface area contributed by atoms with E-state index in [2.05, 4.69) is 23.7 Å². The summed E-state index contributed by atoms with van der Waals surface area (Å²) in [4.78, 5) is 0. The molecule has 0 heterocycles. The Morgan fingerprint density at radius 2 is 0.824 bits per heavy atom. The minimum Gasteiger partial charge on any atom is -0.384 e. The van der Waals surface area contributed by atoms with E-state index in [-0.39, 0.29) is 13.2 Å². The van der Waals surface area contributed by atoms with E-state index in [0.717, 1.165) is 25.7 Å². The van der Waals surface area contributed by atoms with Crippen LogP contribution in [0.15, 0.2) is 0 Å². The second-order valence-electron chi connectivity index (χ2n) is 4.00. The second kappa shape index (κ2) is 15.0. The highest BCUT2D eigenvalue weighted by Crippen LogP contribution is 2.09. The lowest BCUT2D eigenvalue weighted by Gasteiger charge is -1.99. The summed E-state index contributed by atoms with van der Waals surface area (Å²) in [5, 5.41) is 16.9. The van der Waals surface area contributed by atoms with Gasteiger partial charge in [0, 0.05) is 12.8 Å². The minimum atomic E-state index is -0.0147. The fourth-order valence-corrected chi connectivity index (χ4v) is 1.60. The van der Waals surface area contributed by atoms with E-state index in [0.29, 0.717) is 0 Å². The molecule has 0 radical (unpaired) electrons. The highest BCUT2D eigenvalue weighted by Gasteiger charge is 1.90. The van der Waals surface area contributed by atoms with Gasteiger partial charge in [0.15, 0.2) is 0 Å². The Bertz CT molecular complexity index is 234. The SMILES string of the molecule is OCC#CCCCCCCCCCC#CCO. The summed E-state index contributed by atoms with van der Waals surface area (Å²) in [6.45, 7) is -0.0294. The van der Waals surface area contributed by atoms with Gasteiger partial charge in [-0.1, -0.05) is 43.9 Å². The van der Waals surface area contributed by atoms with Crippen molar-refractivity contribution in [2.45, 2.75) is 57.8 Å². The maximum Gasteiger partial charge on any atom is 0.104 e. The van der Waals surface area contributed by atoms with Crippen molar-refractivity contribution in [3.8, 4) is 23.7 Å². The van der Waals surface area contributed by atoms with E-state index in [1.165, 1.54) is 32.1 Å². The summed E-state index contributed by atoms with van der Waals surface area (Å²) in [5.74, 6) is 11.2. The van der Waals surface area contributed by atoms with Gasteiger partial charge in [0.05, 0.1) is 0 Å². The van der Waals surface area contributed by atoms with Crippen LogP contribution in [0.4, 0.5) is 0 Å². The summed E-state index contributed by atoms with van der Waals surface area (Å²) in [5.41, 5.74) is 0. The Balaban J connectivity index is 3.03. The predicted molar refractivity (Wildman–Crippen MR) is 71.3 cm³/mol. The van der Waals surface area contributed by atoms with Crippen LogP contribution in [0.2, 0.25) is 0 Å². The van der Waals surface area contributed by atoms with Crippen molar-refractivity contribution in [1.29, 1.82) is 0 Å². The van der Waals surface area contributed by atoms with E-state index < -0.39 is 0 Å². The monoisotopic (exact) mass is 236 g/mol. The van der Waals surface area contributed by atoms with Gasteiger partial charge in [0.2, 0.25) is 0 Å². The molecule has 0 aliphatic rings. The van der Waals surface area contributed by atoms with Crippen molar-refractivity contribution in [3.05, 3.63) is 0 Å². The lowest BCUT2D eigenvalue weighted by atomic mass is 10.1. The first-order valence-electron chi connectivity index (χ1n) is 6.55. The molecule has 2 N–H and O–H groups in total. The minimum absolute atomic E-state index is 0.0147. The largest absolute Gasteiger partial charge is 0.384 e. The normalized spacial score (nSPS) is 9.06. The molecule has 0 aromatic heterocycles. The summed E-state index contributed by atoms with van der Waals surface area (Å²) in [7, 11) is 0. The van der Waals surface area contributed by atoms with Crippen LogP contribution in [-0.2, 0) is 0 Å². The predicted octanol–water partition coefficient (Wildman–Crippen LogP) is 2.49. The molecule has 0 spiro atoms. The maximum absolute atomic E-state index is 8.45. The molecule has 0 aliphatic heterocycles. The zero-order valence-electron chi connectivity index (χ0n) is 10.7. The van der Waals surface area contributed by atoms with Crippen LogP contribution in [0.25, 0.3) is 0 Å². The molecule has 0 rings (SSSR count). The molecule has 2 nitrogen and oxygen atoms in total. The third kappa shape index (κ3) is 15.0. The first-order valence-corrected chi connectivity index (χ1v) is 6.55. The van der Waals surface area contributed by atoms with Gasteiger partial charge in [0.25, 0.3) is 0 Å². The van der Waals surface area contributed by atoms with Gasteiger partial charge in [0.1, 0.15) is 13.2 Å². The van der Waals surface area contributed by atoms with E-state index in [1.807, 2.05) is 0 Å². The van der Waals surface area contributed by atoms with Gasteiger partial charge < -0.3 is 10.2 Å². The number of unbranched alkanes of at least 4 members (excludes halogenated alkanes) is 8. The number of aliphatic hydroxyl groups excluding tert-OH is 2. The molecule has 96 valence electrons. The van der Waals surface area contributed by atoms with Crippen LogP contribution in [0.5, 0.6) is 0 Å². The summed E-state index contributed by atoms with van der Waals surface area (Å²) in [6, 6.07) is 0. The molecule has 0 aromatic carbocycles. The van der Waals surface area contributed by atoms with Crippen LogP contribution in [0.3, 0.4) is 0 Å². The van der Waals surface area contributed by atoms with Crippen molar-refractivity contribution in [2.24, 2.45) is 0 Å². The smallest absolute Gasteiger partial charge is 0.104 e. The molecule has 17 heavy (non-hydrogen) atoms. The molecule has 0 aliphatic carbocycles. The summed E-state index contributed by atoms with van der Waals surface area (Å²) in [6.07, 6.45) is 10.5. The third-order valence-corrected chi connectivity index (χ3v) is 2.51. The lowest BCUT2D eigenvalue weighted by molar-refractivity contribution is 0.350. The van der Waals surface area contributed by atoms with E-state index >= 15 is 0 Å². The summed E-state index contributed by atoms with van der Waals surface area (Å²) < 4.78 is 0. The fourth-order valence-electron chi connectivity index (χ4n) is 1.60. The topological polar surface area (TPSA) is 40.5 Å². The van der Waals surface area contributed by atoms with Crippen LogP contribution >= 0.6 is 0 Å². The molecule has 0 fully saturated rings. The van der Waals surface area contributed by atoms with Gasteiger partial charge in [-0.15, -0.1) is 11.8 Å². The molecule has 0 saturated heterocycles. The second-order valence-corrected chi connectivity index (χ2v) is 4.00. The molecule has 0 atom stereocenters.